The summed E-state index contributed by atoms with van der Waals surface area (Å²) in [4.78, 5) is 13.4. The van der Waals surface area contributed by atoms with Crippen LogP contribution in [0.25, 0.3) is 6.08 Å². The Hall–Kier alpha value is -2.48. The van der Waals surface area contributed by atoms with Crippen LogP contribution in [-0.4, -0.2) is 31.2 Å². The van der Waals surface area contributed by atoms with Crippen LogP contribution < -0.4 is 9.47 Å². The van der Waals surface area contributed by atoms with E-state index in [1.807, 2.05) is 18.2 Å². The van der Waals surface area contributed by atoms with Gasteiger partial charge in [-0.25, -0.2) is 0 Å². The van der Waals surface area contributed by atoms with Gasteiger partial charge in [-0.1, -0.05) is 6.07 Å². The molecule has 0 aromatic heterocycles. The second-order valence-corrected chi connectivity index (χ2v) is 4.69. The number of carbonyl (C=O) groups excluding carboxylic acids is 1. The lowest BCUT2D eigenvalue weighted by atomic mass is 10.1. The van der Waals surface area contributed by atoms with Crippen molar-refractivity contribution in [3.8, 4) is 17.6 Å². The van der Waals surface area contributed by atoms with Crippen LogP contribution in [0, 0.1) is 17.2 Å². The highest BCUT2D eigenvalue weighted by molar-refractivity contribution is 5.91. The minimum absolute atomic E-state index is 0.134. The Morgan fingerprint density at radius 3 is 3.00 bits per heavy atom. The number of fused-ring (bicyclic) bond motifs is 1. The summed E-state index contributed by atoms with van der Waals surface area (Å²) < 4.78 is 10.5. The molecule has 5 heteroatoms. The van der Waals surface area contributed by atoms with E-state index >= 15 is 0 Å². The number of carbonyl (C=O) groups is 1. The summed E-state index contributed by atoms with van der Waals surface area (Å²) >= 11 is 0. The maximum Gasteiger partial charge on any atom is 0.246 e. The lowest BCUT2D eigenvalue weighted by molar-refractivity contribution is -0.125. The second-order valence-electron chi connectivity index (χ2n) is 4.69. The van der Waals surface area contributed by atoms with E-state index in [1.54, 1.807) is 20.0 Å². The molecule has 0 aliphatic carbocycles. The Kier molecular flexibility index (Phi) is 4.26. The molecule has 0 saturated heterocycles. The highest BCUT2D eigenvalue weighted by atomic mass is 16.7. The molecule has 1 amide bonds. The molecular formula is C15H16N2O3. The van der Waals surface area contributed by atoms with E-state index in [0.717, 1.165) is 5.56 Å². The van der Waals surface area contributed by atoms with E-state index in [1.165, 1.54) is 11.0 Å². The fourth-order valence-electron chi connectivity index (χ4n) is 1.85. The largest absolute Gasteiger partial charge is 0.454 e. The molecule has 1 aliphatic heterocycles. The average Bonchev–Trinajstić information content (AvgIpc) is 2.91. The van der Waals surface area contributed by atoms with Gasteiger partial charge in [-0.05, 0) is 30.7 Å². The molecule has 0 fully saturated rings. The molecule has 1 heterocycles. The number of likely N-dealkylation sites (N-methyl/N-ethyl adjacent to an activating group) is 1. The summed E-state index contributed by atoms with van der Waals surface area (Å²) in [7, 11) is 1.68. The van der Waals surface area contributed by atoms with Crippen LogP contribution in [0.1, 0.15) is 12.5 Å². The van der Waals surface area contributed by atoms with E-state index in [9.17, 15) is 4.79 Å². The van der Waals surface area contributed by atoms with E-state index in [0.29, 0.717) is 18.0 Å². The smallest absolute Gasteiger partial charge is 0.246 e. The summed E-state index contributed by atoms with van der Waals surface area (Å²) in [6.07, 6.45) is 3.21. The van der Waals surface area contributed by atoms with Gasteiger partial charge in [-0.3, -0.25) is 4.79 Å². The predicted octanol–water partition coefficient (Wildman–Crippen LogP) is 2.05. The third-order valence-electron chi connectivity index (χ3n) is 2.96. The van der Waals surface area contributed by atoms with Crippen molar-refractivity contribution in [1.82, 2.24) is 4.90 Å². The van der Waals surface area contributed by atoms with Gasteiger partial charge in [0, 0.05) is 19.7 Å². The monoisotopic (exact) mass is 272 g/mol. The third kappa shape index (κ3) is 3.29. The summed E-state index contributed by atoms with van der Waals surface area (Å²) in [5, 5.41) is 8.73. The molecule has 0 saturated carbocycles. The van der Waals surface area contributed by atoms with Crippen molar-refractivity contribution in [2.24, 2.45) is 5.92 Å². The normalized spacial score (nSPS) is 14.1. The van der Waals surface area contributed by atoms with Crippen molar-refractivity contribution in [3.05, 3.63) is 29.8 Å². The first-order chi connectivity index (χ1) is 9.60. The zero-order valence-corrected chi connectivity index (χ0v) is 11.5. The molecule has 5 nitrogen and oxygen atoms in total. The Morgan fingerprint density at radius 1 is 1.50 bits per heavy atom. The number of amides is 1. The Bertz CT molecular complexity index is 575. The minimum Gasteiger partial charge on any atom is -0.454 e. The van der Waals surface area contributed by atoms with Gasteiger partial charge in [0.25, 0.3) is 0 Å². The van der Waals surface area contributed by atoms with Crippen LogP contribution in [-0.2, 0) is 4.79 Å². The van der Waals surface area contributed by atoms with Crippen molar-refractivity contribution >= 4 is 12.0 Å². The predicted molar refractivity (Wildman–Crippen MR) is 74.0 cm³/mol. The van der Waals surface area contributed by atoms with Crippen LogP contribution in [0.5, 0.6) is 11.5 Å². The second kappa shape index (κ2) is 6.11. The molecule has 0 bridgehead atoms. The molecule has 1 aromatic rings. The Balaban J connectivity index is 1.99. The summed E-state index contributed by atoms with van der Waals surface area (Å²) in [6, 6.07) is 7.60. The number of rotatable bonds is 4. The zero-order valence-electron chi connectivity index (χ0n) is 11.5. The van der Waals surface area contributed by atoms with Gasteiger partial charge in [-0.15, -0.1) is 0 Å². The number of hydrogen-bond acceptors (Lipinski definition) is 4. The maximum atomic E-state index is 11.9. The van der Waals surface area contributed by atoms with Crippen LogP contribution >= 0.6 is 0 Å². The summed E-state index contributed by atoms with van der Waals surface area (Å²) in [5.41, 5.74) is 0.865. The van der Waals surface area contributed by atoms with Crippen molar-refractivity contribution in [3.63, 3.8) is 0 Å². The molecule has 1 atom stereocenters. The van der Waals surface area contributed by atoms with Crippen molar-refractivity contribution in [2.45, 2.75) is 6.92 Å². The zero-order chi connectivity index (χ0) is 14.5. The summed E-state index contributed by atoms with van der Waals surface area (Å²) in [6.45, 7) is 2.43. The van der Waals surface area contributed by atoms with Gasteiger partial charge in [-0.2, -0.15) is 5.26 Å². The van der Waals surface area contributed by atoms with Crippen LogP contribution in [0.15, 0.2) is 24.3 Å². The molecule has 20 heavy (non-hydrogen) atoms. The highest BCUT2D eigenvalue weighted by Gasteiger charge is 2.13. The van der Waals surface area contributed by atoms with Crippen molar-refractivity contribution < 1.29 is 14.3 Å². The standard InChI is InChI=1S/C15H16N2O3/c1-11(8-16)9-17(2)15(18)6-4-12-3-5-13-14(7-12)20-10-19-13/h3-7,11H,9-10H2,1-2H3/b6-4-/t11-/m1/s1. The highest BCUT2D eigenvalue weighted by Crippen LogP contribution is 2.32. The van der Waals surface area contributed by atoms with Gasteiger partial charge in [0.1, 0.15) is 0 Å². The topological polar surface area (TPSA) is 62.6 Å². The molecule has 0 unspecified atom stereocenters. The third-order valence-corrected chi connectivity index (χ3v) is 2.96. The lowest BCUT2D eigenvalue weighted by Gasteiger charge is -2.15. The number of hydrogen-bond donors (Lipinski definition) is 0. The van der Waals surface area contributed by atoms with Gasteiger partial charge in [0.2, 0.25) is 12.7 Å². The number of nitrogens with zero attached hydrogens (tertiary/aromatic N) is 2. The average molecular weight is 272 g/mol. The van der Waals surface area contributed by atoms with Gasteiger partial charge in [0.15, 0.2) is 11.5 Å². The van der Waals surface area contributed by atoms with Crippen molar-refractivity contribution in [2.75, 3.05) is 20.4 Å². The molecule has 2 rings (SSSR count). The van der Waals surface area contributed by atoms with E-state index in [2.05, 4.69) is 6.07 Å². The van der Waals surface area contributed by atoms with Crippen LogP contribution in [0.4, 0.5) is 0 Å². The SMILES string of the molecule is C[C@H](C#N)CN(C)C(=O)/C=C\c1ccc2c(c1)OCO2. The maximum absolute atomic E-state index is 11.9. The first kappa shape index (κ1) is 13.9. The Morgan fingerprint density at radius 2 is 2.25 bits per heavy atom. The van der Waals surface area contributed by atoms with Gasteiger partial charge >= 0.3 is 0 Å². The molecule has 1 aliphatic rings. The minimum atomic E-state index is -0.178. The quantitative estimate of drug-likeness (QED) is 0.787. The Labute approximate surface area is 118 Å². The van der Waals surface area contributed by atoms with Crippen LogP contribution in [0.2, 0.25) is 0 Å². The molecule has 0 radical (unpaired) electrons. The van der Waals surface area contributed by atoms with E-state index in [-0.39, 0.29) is 18.6 Å². The molecule has 0 N–H and O–H groups in total. The first-order valence-corrected chi connectivity index (χ1v) is 6.32. The molecule has 1 aromatic carbocycles. The number of nitriles is 1. The van der Waals surface area contributed by atoms with Crippen molar-refractivity contribution in [1.29, 1.82) is 5.26 Å². The fraction of sp³-hybridized carbons (Fsp3) is 0.333. The summed E-state index contributed by atoms with van der Waals surface area (Å²) in [5.74, 6) is 1.09. The molecule has 104 valence electrons. The molecule has 0 spiro atoms. The lowest BCUT2D eigenvalue weighted by Crippen LogP contribution is -2.29. The fourth-order valence-corrected chi connectivity index (χ4v) is 1.85. The number of ether oxygens (including phenoxy) is 2. The van der Waals surface area contributed by atoms with E-state index in [4.69, 9.17) is 14.7 Å². The first-order valence-electron chi connectivity index (χ1n) is 6.32. The molecular weight excluding hydrogens is 256 g/mol. The van der Waals surface area contributed by atoms with Gasteiger partial charge < -0.3 is 14.4 Å². The van der Waals surface area contributed by atoms with E-state index < -0.39 is 0 Å². The van der Waals surface area contributed by atoms with Gasteiger partial charge in [0.05, 0.1) is 12.0 Å². The number of benzene rings is 1. The van der Waals surface area contributed by atoms with Crippen LogP contribution in [0.3, 0.4) is 0 Å².